The second-order valence-electron chi connectivity index (χ2n) is 2.43. The van der Waals surface area contributed by atoms with E-state index in [9.17, 15) is 4.79 Å². The molecule has 13 heavy (non-hydrogen) atoms. The van der Waals surface area contributed by atoms with Crippen LogP contribution in [0.15, 0.2) is 35.3 Å². The van der Waals surface area contributed by atoms with E-state index in [2.05, 4.69) is 10.3 Å². The number of aliphatic imine (C=N–C) groups is 1. The first-order valence-electron chi connectivity index (χ1n) is 3.75. The summed E-state index contributed by atoms with van der Waals surface area (Å²) in [4.78, 5) is 14.5. The number of nitrogens with zero attached hydrogens (tertiary/aromatic N) is 1. The zero-order chi connectivity index (χ0) is 9.68. The Kier molecular flexibility index (Phi) is 3.46. The van der Waals surface area contributed by atoms with Gasteiger partial charge >= 0.3 is 5.37 Å². The van der Waals surface area contributed by atoms with Gasteiger partial charge in [-0.25, -0.2) is 4.99 Å². The van der Waals surface area contributed by atoms with Crippen LogP contribution < -0.4 is 5.32 Å². The molecule has 1 aromatic carbocycles. The SMILES string of the molecule is CC(=Nc1ccccc1)NC(=O)Cl. The molecule has 0 spiro atoms. The number of hydrogen-bond acceptors (Lipinski definition) is 2. The van der Waals surface area contributed by atoms with Gasteiger partial charge in [-0.3, -0.25) is 4.79 Å². The predicted molar refractivity (Wildman–Crippen MR) is 53.6 cm³/mol. The third kappa shape index (κ3) is 3.71. The molecule has 4 heteroatoms. The summed E-state index contributed by atoms with van der Waals surface area (Å²) in [5.41, 5.74) is 0.783. The minimum absolute atomic E-state index is 0.478. The van der Waals surface area contributed by atoms with Crippen molar-refractivity contribution in [3.63, 3.8) is 0 Å². The van der Waals surface area contributed by atoms with E-state index in [4.69, 9.17) is 11.6 Å². The minimum Gasteiger partial charge on any atom is -0.301 e. The predicted octanol–water partition coefficient (Wildman–Crippen LogP) is 2.68. The first-order chi connectivity index (χ1) is 6.18. The Hall–Kier alpha value is -1.35. The van der Waals surface area contributed by atoms with Gasteiger partial charge in [0.2, 0.25) is 0 Å². The molecule has 1 aromatic rings. The van der Waals surface area contributed by atoms with Crippen LogP contribution in [-0.2, 0) is 0 Å². The van der Waals surface area contributed by atoms with Crippen molar-refractivity contribution in [3.05, 3.63) is 30.3 Å². The van der Waals surface area contributed by atoms with Gasteiger partial charge in [-0.2, -0.15) is 0 Å². The maximum atomic E-state index is 10.4. The number of amides is 1. The number of amidine groups is 1. The third-order valence-corrected chi connectivity index (χ3v) is 1.43. The van der Waals surface area contributed by atoms with Crippen molar-refractivity contribution in [3.8, 4) is 0 Å². The van der Waals surface area contributed by atoms with Gasteiger partial charge in [0.25, 0.3) is 0 Å². The molecule has 3 nitrogen and oxygen atoms in total. The van der Waals surface area contributed by atoms with Crippen LogP contribution in [0.3, 0.4) is 0 Å². The highest BCUT2D eigenvalue weighted by atomic mass is 35.5. The second-order valence-corrected chi connectivity index (χ2v) is 2.77. The Morgan fingerprint density at radius 1 is 1.38 bits per heavy atom. The summed E-state index contributed by atoms with van der Waals surface area (Å²) in [5, 5.41) is 1.74. The van der Waals surface area contributed by atoms with Crippen molar-refractivity contribution >= 4 is 28.5 Å². The fourth-order valence-corrected chi connectivity index (χ4v) is 1.00. The van der Waals surface area contributed by atoms with Crippen LogP contribution in [0.2, 0.25) is 0 Å². The maximum Gasteiger partial charge on any atom is 0.319 e. The number of carbonyl (C=O) groups is 1. The topological polar surface area (TPSA) is 41.5 Å². The monoisotopic (exact) mass is 196 g/mol. The molecule has 0 aliphatic carbocycles. The van der Waals surface area contributed by atoms with Gasteiger partial charge in [-0.15, -0.1) is 0 Å². The summed E-state index contributed by atoms with van der Waals surface area (Å²) in [5.74, 6) is 0.478. The summed E-state index contributed by atoms with van der Waals surface area (Å²) >= 11 is 5.11. The molecule has 1 amide bonds. The van der Waals surface area contributed by atoms with Gasteiger partial charge < -0.3 is 5.32 Å². The average molecular weight is 197 g/mol. The lowest BCUT2D eigenvalue weighted by Crippen LogP contribution is -2.22. The van der Waals surface area contributed by atoms with E-state index in [-0.39, 0.29) is 0 Å². The summed E-state index contributed by atoms with van der Waals surface area (Å²) in [6.45, 7) is 1.67. The molecule has 68 valence electrons. The molecule has 0 aliphatic heterocycles. The minimum atomic E-state index is -0.628. The van der Waals surface area contributed by atoms with E-state index in [1.54, 1.807) is 6.92 Å². The van der Waals surface area contributed by atoms with E-state index in [1.165, 1.54) is 0 Å². The Morgan fingerprint density at radius 2 is 2.00 bits per heavy atom. The molecule has 0 atom stereocenters. The highest BCUT2D eigenvalue weighted by molar-refractivity contribution is 6.64. The molecule has 0 aromatic heterocycles. The first-order valence-corrected chi connectivity index (χ1v) is 4.13. The van der Waals surface area contributed by atoms with Crippen molar-refractivity contribution in [1.29, 1.82) is 0 Å². The van der Waals surface area contributed by atoms with E-state index < -0.39 is 5.37 Å². The van der Waals surface area contributed by atoms with Crippen LogP contribution >= 0.6 is 11.6 Å². The number of para-hydroxylation sites is 1. The van der Waals surface area contributed by atoms with Gasteiger partial charge in [-0.05, 0) is 30.7 Å². The number of rotatable bonds is 1. The fourth-order valence-electron chi connectivity index (χ4n) is 0.866. The number of carbonyl (C=O) groups excluding carboxylic acids is 1. The van der Waals surface area contributed by atoms with E-state index in [0.29, 0.717) is 5.84 Å². The Labute approximate surface area is 81.4 Å². The summed E-state index contributed by atoms with van der Waals surface area (Å²) < 4.78 is 0. The molecule has 0 saturated heterocycles. The largest absolute Gasteiger partial charge is 0.319 e. The summed E-state index contributed by atoms with van der Waals surface area (Å²) in [7, 11) is 0. The summed E-state index contributed by atoms with van der Waals surface area (Å²) in [6.07, 6.45) is 0. The zero-order valence-electron chi connectivity index (χ0n) is 7.12. The smallest absolute Gasteiger partial charge is 0.301 e. The second kappa shape index (κ2) is 4.62. The van der Waals surface area contributed by atoms with E-state index in [1.807, 2.05) is 30.3 Å². The highest BCUT2D eigenvalue weighted by Crippen LogP contribution is 2.09. The number of nitrogens with one attached hydrogen (secondary N) is 1. The molecule has 0 unspecified atom stereocenters. The normalized spacial score (nSPS) is 11.1. The van der Waals surface area contributed by atoms with Crippen LogP contribution in [0.4, 0.5) is 10.5 Å². The Bertz CT molecular complexity index is 322. The first kappa shape index (κ1) is 9.74. The molecule has 1 rings (SSSR count). The number of halogens is 1. The van der Waals surface area contributed by atoms with Crippen LogP contribution in [-0.4, -0.2) is 11.2 Å². The van der Waals surface area contributed by atoms with Crippen molar-refractivity contribution in [2.24, 2.45) is 4.99 Å². The van der Waals surface area contributed by atoms with Crippen LogP contribution in [0.25, 0.3) is 0 Å². The molecule has 0 aliphatic rings. The quantitative estimate of drug-likeness (QED) is 0.319. The molecular formula is C9H9ClN2O. The van der Waals surface area contributed by atoms with Crippen LogP contribution in [0.5, 0.6) is 0 Å². The van der Waals surface area contributed by atoms with Crippen molar-refractivity contribution in [1.82, 2.24) is 5.32 Å². The average Bonchev–Trinajstić information content (AvgIpc) is 2.04. The molecule has 1 N–H and O–H groups in total. The molecular weight excluding hydrogens is 188 g/mol. The van der Waals surface area contributed by atoms with Crippen LogP contribution in [0.1, 0.15) is 6.92 Å². The molecule has 0 radical (unpaired) electrons. The molecule has 0 fully saturated rings. The molecule has 0 bridgehead atoms. The maximum absolute atomic E-state index is 10.4. The lowest BCUT2D eigenvalue weighted by atomic mass is 10.3. The Morgan fingerprint density at radius 3 is 2.54 bits per heavy atom. The fraction of sp³-hybridized carbons (Fsp3) is 0.111. The van der Waals surface area contributed by atoms with Crippen LogP contribution in [0, 0.1) is 0 Å². The molecule has 0 heterocycles. The van der Waals surface area contributed by atoms with Gasteiger partial charge in [0.15, 0.2) is 0 Å². The summed E-state index contributed by atoms with van der Waals surface area (Å²) in [6, 6.07) is 9.31. The highest BCUT2D eigenvalue weighted by Gasteiger charge is 1.95. The number of hydrogen-bond donors (Lipinski definition) is 1. The molecule has 0 saturated carbocycles. The number of benzene rings is 1. The van der Waals surface area contributed by atoms with Crippen molar-refractivity contribution < 1.29 is 4.79 Å². The Balaban J connectivity index is 2.71. The van der Waals surface area contributed by atoms with Gasteiger partial charge in [0, 0.05) is 0 Å². The van der Waals surface area contributed by atoms with Gasteiger partial charge in [0.1, 0.15) is 5.84 Å². The van der Waals surface area contributed by atoms with E-state index in [0.717, 1.165) is 5.69 Å². The lowest BCUT2D eigenvalue weighted by Gasteiger charge is -1.98. The standard InChI is InChI=1S/C9H9ClN2O/c1-7(12-9(10)13)11-8-5-3-2-4-6-8/h2-6H,1H3,(H,11,12,13). The van der Waals surface area contributed by atoms with Gasteiger partial charge in [0.05, 0.1) is 5.69 Å². The zero-order valence-corrected chi connectivity index (χ0v) is 7.88. The lowest BCUT2D eigenvalue weighted by molar-refractivity contribution is 0.263. The van der Waals surface area contributed by atoms with E-state index >= 15 is 0 Å². The van der Waals surface area contributed by atoms with Gasteiger partial charge in [-0.1, -0.05) is 18.2 Å². The van der Waals surface area contributed by atoms with Crippen molar-refractivity contribution in [2.45, 2.75) is 6.92 Å². The van der Waals surface area contributed by atoms with Crippen molar-refractivity contribution in [2.75, 3.05) is 0 Å². The third-order valence-electron chi connectivity index (χ3n) is 1.33.